The van der Waals surface area contributed by atoms with Crippen LogP contribution in [0.1, 0.15) is 18.4 Å². The maximum absolute atomic E-state index is 11.7. The molecule has 1 N–H and O–H groups in total. The summed E-state index contributed by atoms with van der Waals surface area (Å²) >= 11 is 0. The summed E-state index contributed by atoms with van der Waals surface area (Å²) in [7, 11) is 1.60. The largest absolute Gasteiger partial charge is 0.497 e. The van der Waals surface area contributed by atoms with Crippen molar-refractivity contribution in [2.45, 2.75) is 25.5 Å². The van der Waals surface area contributed by atoms with Gasteiger partial charge >= 0.3 is 5.97 Å². The second-order valence-corrected chi connectivity index (χ2v) is 4.08. The molecule has 1 fully saturated rings. The zero-order chi connectivity index (χ0) is 13.0. The van der Waals surface area contributed by atoms with Gasteiger partial charge in [-0.3, -0.25) is 9.59 Å². The Kier molecular flexibility index (Phi) is 3.82. The third-order valence-corrected chi connectivity index (χ3v) is 2.80. The number of carbonyl (C=O) groups excluding carboxylic acids is 2. The molecule has 1 aliphatic heterocycles. The molecule has 0 aliphatic carbocycles. The summed E-state index contributed by atoms with van der Waals surface area (Å²) in [6, 6.07) is 7.41. The van der Waals surface area contributed by atoms with Crippen molar-refractivity contribution in [1.82, 2.24) is 5.32 Å². The number of ether oxygens (including phenoxy) is 2. The topological polar surface area (TPSA) is 64.6 Å². The average molecular weight is 249 g/mol. The van der Waals surface area contributed by atoms with Crippen LogP contribution in [0.4, 0.5) is 0 Å². The standard InChI is InChI=1S/C13H15NO4/c1-17-10-4-2-9(3-5-10)8-14-13(16)11-6-7-12(15)18-11/h2-5,11H,6-8H2,1H3,(H,14,16)/t11-/m0/s1. The Morgan fingerprint density at radius 3 is 2.72 bits per heavy atom. The van der Waals surface area contributed by atoms with Gasteiger partial charge in [0.15, 0.2) is 6.10 Å². The fourth-order valence-corrected chi connectivity index (χ4v) is 1.76. The van der Waals surface area contributed by atoms with E-state index >= 15 is 0 Å². The lowest BCUT2D eigenvalue weighted by Crippen LogP contribution is -2.33. The minimum atomic E-state index is -0.629. The minimum absolute atomic E-state index is 0.239. The lowest BCUT2D eigenvalue weighted by Gasteiger charge is -2.10. The van der Waals surface area contributed by atoms with E-state index in [1.807, 2.05) is 24.3 Å². The molecule has 1 aromatic carbocycles. The minimum Gasteiger partial charge on any atom is -0.497 e. The SMILES string of the molecule is COc1ccc(CNC(=O)[C@@H]2CCC(=O)O2)cc1. The van der Waals surface area contributed by atoms with E-state index in [0.29, 0.717) is 19.4 Å². The lowest BCUT2D eigenvalue weighted by atomic mass is 10.2. The van der Waals surface area contributed by atoms with Crippen molar-refractivity contribution in [3.05, 3.63) is 29.8 Å². The molecule has 0 saturated carbocycles. The van der Waals surface area contributed by atoms with Crippen molar-refractivity contribution in [3.8, 4) is 5.75 Å². The van der Waals surface area contributed by atoms with E-state index in [1.165, 1.54) is 0 Å². The van der Waals surface area contributed by atoms with Gasteiger partial charge in [0.25, 0.3) is 5.91 Å². The Morgan fingerprint density at radius 1 is 1.44 bits per heavy atom. The second-order valence-electron chi connectivity index (χ2n) is 4.08. The van der Waals surface area contributed by atoms with Gasteiger partial charge in [-0.25, -0.2) is 0 Å². The summed E-state index contributed by atoms with van der Waals surface area (Å²) < 4.78 is 9.92. The molecular weight excluding hydrogens is 234 g/mol. The van der Waals surface area contributed by atoms with Crippen molar-refractivity contribution >= 4 is 11.9 Å². The summed E-state index contributed by atoms with van der Waals surface area (Å²) in [6.07, 6.45) is 0.157. The number of rotatable bonds is 4. The molecule has 0 radical (unpaired) electrons. The number of carbonyl (C=O) groups is 2. The number of esters is 1. The summed E-state index contributed by atoms with van der Waals surface area (Å²) in [5.74, 6) is 0.228. The molecule has 18 heavy (non-hydrogen) atoms. The average Bonchev–Trinajstić information content (AvgIpc) is 2.83. The molecule has 0 aromatic heterocycles. The number of cyclic esters (lactones) is 1. The predicted octanol–water partition coefficient (Wildman–Crippen LogP) is 1.02. The number of benzene rings is 1. The second kappa shape index (κ2) is 5.53. The molecule has 96 valence electrons. The van der Waals surface area contributed by atoms with Crippen LogP contribution in [-0.4, -0.2) is 25.1 Å². The number of hydrogen-bond donors (Lipinski definition) is 1. The molecule has 1 saturated heterocycles. The van der Waals surface area contributed by atoms with Gasteiger partial charge in [-0.2, -0.15) is 0 Å². The summed E-state index contributed by atoms with van der Waals surface area (Å²) in [5.41, 5.74) is 0.966. The van der Waals surface area contributed by atoms with Crippen molar-refractivity contribution in [2.75, 3.05) is 7.11 Å². The molecular formula is C13H15NO4. The summed E-state index contributed by atoms with van der Waals surface area (Å²) in [6.45, 7) is 0.414. The quantitative estimate of drug-likeness (QED) is 0.809. The summed E-state index contributed by atoms with van der Waals surface area (Å²) in [5, 5.41) is 2.74. The first kappa shape index (κ1) is 12.4. The van der Waals surface area contributed by atoms with Crippen molar-refractivity contribution in [3.63, 3.8) is 0 Å². The monoisotopic (exact) mass is 249 g/mol. The first-order valence-electron chi connectivity index (χ1n) is 5.79. The van der Waals surface area contributed by atoms with E-state index in [1.54, 1.807) is 7.11 Å². The van der Waals surface area contributed by atoms with Gasteiger partial charge in [0, 0.05) is 19.4 Å². The molecule has 1 amide bonds. The van der Waals surface area contributed by atoms with Crippen LogP contribution in [0.15, 0.2) is 24.3 Å². The van der Waals surface area contributed by atoms with Gasteiger partial charge in [0.1, 0.15) is 5.75 Å². The molecule has 1 aromatic rings. The first-order valence-corrected chi connectivity index (χ1v) is 5.79. The highest BCUT2D eigenvalue weighted by Gasteiger charge is 2.29. The Balaban J connectivity index is 1.83. The van der Waals surface area contributed by atoms with Crippen LogP contribution in [0.5, 0.6) is 5.75 Å². The number of hydrogen-bond acceptors (Lipinski definition) is 4. The Bertz CT molecular complexity index is 441. The van der Waals surface area contributed by atoms with Gasteiger partial charge in [-0.15, -0.1) is 0 Å². The van der Waals surface area contributed by atoms with Gasteiger partial charge in [-0.1, -0.05) is 12.1 Å². The van der Waals surface area contributed by atoms with Gasteiger partial charge in [0.05, 0.1) is 7.11 Å². The van der Waals surface area contributed by atoms with E-state index in [0.717, 1.165) is 11.3 Å². The Hall–Kier alpha value is -2.04. The van der Waals surface area contributed by atoms with Crippen molar-refractivity contribution < 1.29 is 19.1 Å². The van der Waals surface area contributed by atoms with Gasteiger partial charge < -0.3 is 14.8 Å². The van der Waals surface area contributed by atoms with Crippen molar-refractivity contribution in [1.29, 1.82) is 0 Å². The molecule has 1 aliphatic rings. The third kappa shape index (κ3) is 3.00. The molecule has 0 bridgehead atoms. The van der Waals surface area contributed by atoms with E-state index < -0.39 is 6.10 Å². The normalized spacial score (nSPS) is 18.3. The highest BCUT2D eigenvalue weighted by atomic mass is 16.6. The zero-order valence-electron chi connectivity index (χ0n) is 10.1. The van der Waals surface area contributed by atoms with Crippen LogP contribution in [0, 0.1) is 0 Å². The molecule has 0 spiro atoms. The first-order chi connectivity index (χ1) is 8.69. The van der Waals surface area contributed by atoms with Crippen LogP contribution in [0.2, 0.25) is 0 Å². The Morgan fingerprint density at radius 2 is 2.17 bits per heavy atom. The Labute approximate surface area is 105 Å². The molecule has 1 atom stereocenters. The molecule has 1 heterocycles. The number of nitrogens with one attached hydrogen (secondary N) is 1. The number of methoxy groups -OCH3 is 1. The molecule has 2 rings (SSSR count). The van der Waals surface area contributed by atoms with E-state index in [9.17, 15) is 9.59 Å². The van der Waals surface area contributed by atoms with E-state index in [-0.39, 0.29) is 11.9 Å². The van der Waals surface area contributed by atoms with Gasteiger partial charge in [-0.05, 0) is 17.7 Å². The highest BCUT2D eigenvalue weighted by Crippen LogP contribution is 2.14. The van der Waals surface area contributed by atoms with Crippen LogP contribution in [0.3, 0.4) is 0 Å². The van der Waals surface area contributed by atoms with Crippen LogP contribution in [0.25, 0.3) is 0 Å². The van der Waals surface area contributed by atoms with Crippen molar-refractivity contribution in [2.24, 2.45) is 0 Å². The smallest absolute Gasteiger partial charge is 0.306 e. The highest BCUT2D eigenvalue weighted by molar-refractivity contribution is 5.86. The van der Waals surface area contributed by atoms with E-state index in [2.05, 4.69) is 5.32 Å². The fourth-order valence-electron chi connectivity index (χ4n) is 1.76. The van der Waals surface area contributed by atoms with E-state index in [4.69, 9.17) is 9.47 Å². The van der Waals surface area contributed by atoms with Gasteiger partial charge in [0.2, 0.25) is 0 Å². The van der Waals surface area contributed by atoms with Crippen LogP contribution >= 0.6 is 0 Å². The van der Waals surface area contributed by atoms with Crippen LogP contribution in [-0.2, 0) is 20.9 Å². The fraction of sp³-hybridized carbons (Fsp3) is 0.385. The van der Waals surface area contributed by atoms with Crippen LogP contribution < -0.4 is 10.1 Å². The maximum atomic E-state index is 11.7. The third-order valence-electron chi connectivity index (χ3n) is 2.80. The molecule has 5 nitrogen and oxygen atoms in total. The zero-order valence-corrected chi connectivity index (χ0v) is 10.1. The maximum Gasteiger partial charge on any atom is 0.306 e. The molecule has 5 heteroatoms. The lowest BCUT2D eigenvalue weighted by molar-refractivity contribution is -0.148. The molecule has 0 unspecified atom stereocenters. The summed E-state index contributed by atoms with van der Waals surface area (Å²) in [4.78, 5) is 22.6. The number of amides is 1. The predicted molar refractivity (Wildman–Crippen MR) is 64.0 cm³/mol.